The van der Waals surface area contributed by atoms with Crippen LogP contribution in [0.25, 0.3) is 10.2 Å². The van der Waals surface area contributed by atoms with Crippen molar-refractivity contribution in [3.63, 3.8) is 0 Å². The number of anilines is 1. The number of carbonyl (C=O) groups excluding carboxylic acids is 1. The molecule has 0 spiro atoms. The van der Waals surface area contributed by atoms with Gasteiger partial charge < -0.3 is 5.32 Å². The number of hydrogen-bond acceptors (Lipinski definition) is 6. The average molecular weight is 399 g/mol. The summed E-state index contributed by atoms with van der Waals surface area (Å²) in [5.41, 5.74) is 1.45. The zero-order chi connectivity index (χ0) is 19.1. The normalized spacial score (nSPS) is 12.9. The van der Waals surface area contributed by atoms with Crippen LogP contribution >= 0.6 is 22.7 Å². The van der Waals surface area contributed by atoms with E-state index in [1.54, 1.807) is 6.92 Å². The highest BCUT2D eigenvalue weighted by Gasteiger charge is 2.23. The van der Waals surface area contributed by atoms with E-state index in [1.807, 2.05) is 13.0 Å². The third kappa shape index (κ3) is 3.07. The van der Waals surface area contributed by atoms with Crippen molar-refractivity contribution in [1.29, 1.82) is 5.26 Å². The molecule has 4 rings (SSSR count). The van der Waals surface area contributed by atoms with E-state index in [2.05, 4.69) is 16.4 Å². The Hall–Kier alpha value is -2.50. The van der Waals surface area contributed by atoms with Gasteiger partial charge in [-0.05, 0) is 44.2 Å². The Bertz CT molecular complexity index is 1160. The Morgan fingerprint density at radius 3 is 2.96 bits per heavy atom. The van der Waals surface area contributed by atoms with Crippen LogP contribution in [0, 0.1) is 18.3 Å². The summed E-state index contributed by atoms with van der Waals surface area (Å²) in [5, 5.41) is 13.4. The summed E-state index contributed by atoms with van der Waals surface area (Å²) in [5.74, 6) is 0.199. The number of nitrogens with one attached hydrogen (secondary N) is 1. The van der Waals surface area contributed by atoms with Crippen molar-refractivity contribution in [2.24, 2.45) is 0 Å². The summed E-state index contributed by atoms with van der Waals surface area (Å²) in [6.45, 7) is 3.66. The van der Waals surface area contributed by atoms with Crippen molar-refractivity contribution in [2.45, 2.75) is 46.1 Å². The summed E-state index contributed by atoms with van der Waals surface area (Å²) in [4.78, 5) is 32.9. The molecule has 1 amide bonds. The molecule has 0 fully saturated rings. The molecule has 0 atom stereocenters. The molecule has 1 aliphatic carbocycles. The van der Waals surface area contributed by atoms with Gasteiger partial charge >= 0.3 is 0 Å². The third-order valence-electron chi connectivity index (χ3n) is 4.83. The Morgan fingerprint density at radius 1 is 1.41 bits per heavy atom. The Kier molecular flexibility index (Phi) is 4.58. The second-order valence-electron chi connectivity index (χ2n) is 6.56. The lowest BCUT2D eigenvalue weighted by Crippen LogP contribution is -2.29. The van der Waals surface area contributed by atoms with Gasteiger partial charge in [-0.1, -0.05) is 6.92 Å². The molecule has 3 aromatic heterocycles. The molecule has 0 aromatic carbocycles. The zero-order valence-corrected chi connectivity index (χ0v) is 16.7. The van der Waals surface area contributed by atoms with Crippen LogP contribution in [0.15, 0.2) is 10.9 Å². The van der Waals surface area contributed by atoms with E-state index < -0.39 is 0 Å². The molecule has 3 heterocycles. The fourth-order valence-electron chi connectivity index (χ4n) is 3.45. The van der Waals surface area contributed by atoms with E-state index in [4.69, 9.17) is 0 Å². The van der Waals surface area contributed by atoms with E-state index in [-0.39, 0.29) is 18.0 Å². The Morgan fingerprint density at radius 2 is 2.22 bits per heavy atom. The van der Waals surface area contributed by atoms with E-state index in [9.17, 15) is 14.9 Å². The highest BCUT2D eigenvalue weighted by molar-refractivity contribution is 7.18. The van der Waals surface area contributed by atoms with E-state index in [0.717, 1.165) is 36.1 Å². The highest BCUT2D eigenvalue weighted by atomic mass is 32.1. The summed E-state index contributed by atoms with van der Waals surface area (Å²) >= 11 is 2.99. The van der Waals surface area contributed by atoms with E-state index in [1.165, 1.54) is 32.1 Å². The van der Waals surface area contributed by atoms with Gasteiger partial charge in [0.2, 0.25) is 5.91 Å². The first-order valence-corrected chi connectivity index (χ1v) is 10.5. The highest BCUT2D eigenvalue weighted by Crippen LogP contribution is 2.38. The number of aromatic nitrogens is 2. The summed E-state index contributed by atoms with van der Waals surface area (Å²) in [7, 11) is 0. The first-order chi connectivity index (χ1) is 13.0. The summed E-state index contributed by atoms with van der Waals surface area (Å²) < 4.78 is 1.40. The van der Waals surface area contributed by atoms with Crippen LogP contribution in [0.2, 0.25) is 0 Å². The number of nitriles is 1. The van der Waals surface area contributed by atoms with Crippen molar-refractivity contribution < 1.29 is 4.79 Å². The molecule has 0 radical (unpaired) electrons. The second kappa shape index (κ2) is 6.91. The summed E-state index contributed by atoms with van der Waals surface area (Å²) in [6.07, 6.45) is 3.76. The molecule has 0 aliphatic heterocycles. The minimum absolute atomic E-state index is 0.113. The maximum absolute atomic E-state index is 12.8. The minimum Gasteiger partial charge on any atom is -0.315 e. The van der Waals surface area contributed by atoms with Crippen LogP contribution in [0.5, 0.6) is 0 Å². The predicted molar refractivity (Wildman–Crippen MR) is 108 cm³/mol. The quantitative estimate of drug-likeness (QED) is 0.730. The van der Waals surface area contributed by atoms with Crippen molar-refractivity contribution in [1.82, 2.24) is 9.55 Å². The van der Waals surface area contributed by atoms with Crippen LogP contribution in [0.3, 0.4) is 0 Å². The molecule has 6 nitrogen and oxygen atoms in total. The van der Waals surface area contributed by atoms with Gasteiger partial charge in [0.25, 0.3) is 5.56 Å². The number of carbonyl (C=O) groups is 1. The zero-order valence-electron chi connectivity index (χ0n) is 15.1. The maximum atomic E-state index is 12.8. The fourth-order valence-corrected chi connectivity index (χ4v) is 5.71. The number of nitrogens with zero attached hydrogens (tertiary/aromatic N) is 3. The summed E-state index contributed by atoms with van der Waals surface area (Å²) in [6, 6.07) is 4.08. The van der Waals surface area contributed by atoms with Crippen LogP contribution < -0.4 is 10.9 Å². The lowest BCUT2D eigenvalue weighted by atomic mass is 10.1. The van der Waals surface area contributed by atoms with Crippen LogP contribution in [-0.4, -0.2) is 15.5 Å². The predicted octanol–water partition coefficient (Wildman–Crippen LogP) is 3.39. The number of aryl methyl sites for hydroxylation is 3. The molecule has 0 saturated carbocycles. The van der Waals surface area contributed by atoms with Gasteiger partial charge in [0.05, 0.1) is 10.9 Å². The number of fused-ring (bicyclic) bond motifs is 2. The molecule has 8 heteroatoms. The van der Waals surface area contributed by atoms with E-state index in [0.29, 0.717) is 26.6 Å². The lowest BCUT2D eigenvalue weighted by Gasteiger charge is -2.09. The maximum Gasteiger partial charge on any atom is 0.262 e. The molecule has 27 heavy (non-hydrogen) atoms. The Labute approximate surface area is 164 Å². The topological polar surface area (TPSA) is 87.8 Å². The minimum atomic E-state index is -0.316. The van der Waals surface area contributed by atoms with Crippen molar-refractivity contribution in [3.05, 3.63) is 43.1 Å². The van der Waals surface area contributed by atoms with Gasteiger partial charge in [-0.3, -0.25) is 14.2 Å². The van der Waals surface area contributed by atoms with Crippen molar-refractivity contribution >= 4 is 43.8 Å². The van der Waals surface area contributed by atoms with Crippen molar-refractivity contribution in [3.8, 4) is 6.07 Å². The number of hydrogen-bond donors (Lipinski definition) is 1. The smallest absolute Gasteiger partial charge is 0.262 e. The molecule has 138 valence electrons. The molecule has 0 saturated heterocycles. The molecule has 3 aromatic rings. The standard InChI is InChI=1S/C19H18N4O2S2/c1-3-11-7-13-17(26-11)21-10(2)23(19(13)25)9-16(24)22-18-14(8-20)12-5-4-6-15(12)27-18/h7H,3-6,9H2,1-2H3,(H,22,24). The molecule has 0 unspecified atom stereocenters. The van der Waals surface area contributed by atoms with Crippen molar-refractivity contribution in [2.75, 3.05) is 5.32 Å². The fraction of sp³-hybridized carbons (Fsp3) is 0.368. The molecule has 0 bridgehead atoms. The average Bonchev–Trinajstić information content (AvgIpc) is 3.32. The Balaban J connectivity index is 1.62. The number of thiophene rings is 2. The molecule has 1 aliphatic rings. The number of rotatable bonds is 4. The van der Waals surface area contributed by atoms with Gasteiger partial charge in [0, 0.05) is 9.75 Å². The van der Waals surface area contributed by atoms with Gasteiger partial charge in [-0.2, -0.15) is 5.26 Å². The molecule has 1 N–H and O–H groups in total. The second-order valence-corrected chi connectivity index (χ2v) is 8.78. The molecular formula is C19H18N4O2S2. The van der Waals surface area contributed by atoms with Gasteiger partial charge in [-0.15, -0.1) is 22.7 Å². The largest absolute Gasteiger partial charge is 0.315 e. The van der Waals surface area contributed by atoms with Crippen LogP contribution in [-0.2, 0) is 30.6 Å². The van der Waals surface area contributed by atoms with Gasteiger partial charge in [0.1, 0.15) is 28.3 Å². The van der Waals surface area contributed by atoms with E-state index >= 15 is 0 Å². The van der Waals surface area contributed by atoms with Gasteiger partial charge in [0.15, 0.2) is 0 Å². The SMILES string of the molecule is CCc1cc2c(=O)n(CC(=O)Nc3sc4c(c3C#N)CCC4)c(C)nc2s1. The lowest BCUT2D eigenvalue weighted by molar-refractivity contribution is -0.116. The first kappa shape index (κ1) is 17.9. The molecular weight excluding hydrogens is 380 g/mol. The van der Waals surface area contributed by atoms with Crippen LogP contribution in [0.4, 0.5) is 5.00 Å². The number of amides is 1. The third-order valence-corrected chi connectivity index (χ3v) is 7.21. The monoisotopic (exact) mass is 398 g/mol. The first-order valence-electron chi connectivity index (χ1n) is 8.86. The van der Waals surface area contributed by atoms with Crippen LogP contribution in [0.1, 0.15) is 40.1 Å². The van der Waals surface area contributed by atoms with Gasteiger partial charge in [-0.25, -0.2) is 4.98 Å².